The highest BCUT2D eigenvalue weighted by atomic mass is 32.1. The van der Waals surface area contributed by atoms with Crippen molar-refractivity contribution in [2.45, 2.75) is 0 Å². The Morgan fingerprint density at radius 1 is 1.58 bits per heavy atom. The molecule has 2 aromatic heterocycles. The van der Waals surface area contributed by atoms with E-state index in [1.165, 1.54) is 29.0 Å². The van der Waals surface area contributed by atoms with Crippen LogP contribution in [0.15, 0.2) is 23.1 Å². The first-order valence-corrected chi connectivity index (χ1v) is 3.95. The van der Waals surface area contributed by atoms with Gasteiger partial charge in [0.15, 0.2) is 0 Å². The minimum atomic E-state index is 0.718. The summed E-state index contributed by atoms with van der Waals surface area (Å²) < 4.78 is 3.68. The Morgan fingerprint density at radius 3 is 3.25 bits per heavy atom. The minimum absolute atomic E-state index is 0.718. The molecule has 0 saturated heterocycles. The zero-order valence-electron chi connectivity index (χ0n) is 5.90. The third-order valence-corrected chi connectivity index (χ3v) is 1.61. The summed E-state index contributed by atoms with van der Waals surface area (Å²) in [7, 11) is 0. The molecule has 0 fully saturated rings. The molecule has 0 spiro atoms. The zero-order chi connectivity index (χ0) is 8.23. The lowest BCUT2D eigenvalue weighted by molar-refractivity contribution is 0.742. The molecule has 0 aromatic carbocycles. The fourth-order valence-electron chi connectivity index (χ4n) is 0.608. The third kappa shape index (κ3) is 1.51. The van der Waals surface area contributed by atoms with Gasteiger partial charge in [-0.15, -0.1) is 15.0 Å². The van der Waals surface area contributed by atoms with E-state index < -0.39 is 0 Å². The van der Waals surface area contributed by atoms with Crippen LogP contribution in [0.2, 0.25) is 0 Å². The van der Waals surface area contributed by atoms with Crippen molar-refractivity contribution in [3.05, 3.63) is 23.7 Å². The Morgan fingerprint density at radius 2 is 2.58 bits per heavy atom. The van der Waals surface area contributed by atoms with Crippen LogP contribution in [-0.2, 0) is 0 Å². The SMILES string of the molecule is C(=N\n1cncn1)/c1csnn1. The molecular formula is C5H4N6S. The van der Waals surface area contributed by atoms with Crippen molar-refractivity contribution in [3.8, 4) is 0 Å². The van der Waals surface area contributed by atoms with Crippen molar-refractivity contribution in [1.29, 1.82) is 0 Å². The van der Waals surface area contributed by atoms with E-state index in [1.54, 1.807) is 11.6 Å². The lowest BCUT2D eigenvalue weighted by Gasteiger charge is -1.84. The maximum Gasteiger partial charge on any atom is 0.139 e. The first kappa shape index (κ1) is 7.04. The summed E-state index contributed by atoms with van der Waals surface area (Å²) >= 11 is 1.28. The number of hydrogen-bond acceptors (Lipinski definition) is 6. The van der Waals surface area contributed by atoms with Gasteiger partial charge in [0.1, 0.15) is 18.3 Å². The number of aromatic nitrogens is 5. The van der Waals surface area contributed by atoms with Crippen LogP contribution < -0.4 is 0 Å². The Labute approximate surface area is 71.7 Å². The number of hydrogen-bond donors (Lipinski definition) is 0. The molecule has 7 heteroatoms. The third-order valence-electron chi connectivity index (χ3n) is 1.09. The molecule has 0 aliphatic carbocycles. The molecule has 0 radical (unpaired) electrons. The second-order valence-electron chi connectivity index (χ2n) is 1.89. The molecule has 60 valence electrons. The van der Waals surface area contributed by atoms with Crippen molar-refractivity contribution in [3.63, 3.8) is 0 Å². The summed E-state index contributed by atoms with van der Waals surface area (Å²) in [6.07, 6.45) is 4.48. The molecular weight excluding hydrogens is 176 g/mol. The largest absolute Gasteiger partial charge is 0.221 e. The van der Waals surface area contributed by atoms with Gasteiger partial charge in [0.2, 0.25) is 0 Å². The van der Waals surface area contributed by atoms with Crippen LogP contribution in [-0.4, -0.2) is 30.7 Å². The van der Waals surface area contributed by atoms with Crippen molar-refractivity contribution in [1.82, 2.24) is 24.5 Å². The quantitative estimate of drug-likeness (QED) is 0.610. The van der Waals surface area contributed by atoms with Crippen LogP contribution in [0.3, 0.4) is 0 Å². The fourth-order valence-corrected chi connectivity index (χ4v) is 1.01. The van der Waals surface area contributed by atoms with Crippen LogP contribution in [0.1, 0.15) is 5.69 Å². The topological polar surface area (TPSA) is 68.8 Å². The fraction of sp³-hybridized carbons (Fsp3) is 0. The van der Waals surface area contributed by atoms with Gasteiger partial charge in [-0.05, 0) is 11.5 Å². The standard InChI is InChI=1S/C5H4N6S/c1(5-2-12-10-9-5)7-11-4-6-3-8-11/h1-4H/b7-1+. The van der Waals surface area contributed by atoms with Crippen molar-refractivity contribution < 1.29 is 0 Å². The first-order valence-electron chi connectivity index (χ1n) is 3.11. The van der Waals surface area contributed by atoms with Gasteiger partial charge in [0.25, 0.3) is 0 Å². The highest BCUT2D eigenvalue weighted by Gasteiger charge is 1.89. The minimum Gasteiger partial charge on any atom is -0.221 e. The Hall–Kier alpha value is -1.63. The van der Waals surface area contributed by atoms with Crippen molar-refractivity contribution >= 4 is 17.7 Å². The summed E-state index contributed by atoms with van der Waals surface area (Å²) in [6.45, 7) is 0. The molecule has 2 aromatic rings. The molecule has 0 aliphatic rings. The maximum atomic E-state index is 3.93. The lowest BCUT2D eigenvalue weighted by Crippen LogP contribution is -1.90. The molecule has 0 amide bonds. The second kappa shape index (κ2) is 3.18. The smallest absolute Gasteiger partial charge is 0.139 e. The first-order chi connectivity index (χ1) is 5.95. The van der Waals surface area contributed by atoms with E-state index >= 15 is 0 Å². The molecule has 0 unspecified atom stereocenters. The van der Waals surface area contributed by atoms with E-state index in [1.807, 2.05) is 0 Å². The van der Waals surface area contributed by atoms with E-state index in [9.17, 15) is 0 Å². The van der Waals surface area contributed by atoms with Crippen molar-refractivity contribution in [2.75, 3.05) is 0 Å². The van der Waals surface area contributed by atoms with Gasteiger partial charge in [0.05, 0.1) is 6.21 Å². The van der Waals surface area contributed by atoms with E-state index in [4.69, 9.17) is 0 Å². The van der Waals surface area contributed by atoms with E-state index in [-0.39, 0.29) is 0 Å². The van der Waals surface area contributed by atoms with Gasteiger partial charge in [0, 0.05) is 5.38 Å². The summed E-state index contributed by atoms with van der Waals surface area (Å²) in [6, 6.07) is 0. The molecule has 0 N–H and O–H groups in total. The predicted molar refractivity (Wildman–Crippen MR) is 42.9 cm³/mol. The van der Waals surface area contributed by atoms with Crippen LogP contribution in [0.25, 0.3) is 0 Å². The van der Waals surface area contributed by atoms with Crippen LogP contribution >= 0.6 is 11.5 Å². The molecule has 2 rings (SSSR count). The van der Waals surface area contributed by atoms with E-state index in [0.29, 0.717) is 0 Å². The highest BCUT2D eigenvalue weighted by Crippen LogP contribution is 1.92. The number of rotatable bonds is 2. The molecule has 0 bridgehead atoms. The lowest BCUT2D eigenvalue weighted by atomic mass is 10.6. The van der Waals surface area contributed by atoms with Gasteiger partial charge in [-0.1, -0.05) is 4.49 Å². The molecule has 2 heterocycles. The van der Waals surface area contributed by atoms with Crippen LogP contribution in [0.5, 0.6) is 0 Å². The predicted octanol–water partition coefficient (Wildman–Crippen LogP) is 0.0118. The van der Waals surface area contributed by atoms with Crippen molar-refractivity contribution in [2.24, 2.45) is 5.10 Å². The molecule has 0 saturated carbocycles. The highest BCUT2D eigenvalue weighted by molar-refractivity contribution is 7.03. The zero-order valence-corrected chi connectivity index (χ0v) is 6.72. The summed E-state index contributed by atoms with van der Waals surface area (Å²) in [5.74, 6) is 0. The summed E-state index contributed by atoms with van der Waals surface area (Å²) in [5.41, 5.74) is 0.718. The van der Waals surface area contributed by atoms with Gasteiger partial charge in [-0.3, -0.25) is 0 Å². The van der Waals surface area contributed by atoms with Gasteiger partial charge < -0.3 is 0 Å². The normalized spacial score (nSPS) is 11.0. The van der Waals surface area contributed by atoms with Crippen LogP contribution in [0.4, 0.5) is 0 Å². The Balaban J connectivity index is 2.14. The molecule has 12 heavy (non-hydrogen) atoms. The van der Waals surface area contributed by atoms with Gasteiger partial charge in [-0.2, -0.15) is 5.10 Å². The summed E-state index contributed by atoms with van der Waals surface area (Å²) in [4.78, 5) is 5.07. The van der Waals surface area contributed by atoms with Gasteiger partial charge in [-0.25, -0.2) is 4.98 Å². The van der Waals surface area contributed by atoms with E-state index in [0.717, 1.165) is 5.69 Å². The average molecular weight is 180 g/mol. The molecule has 0 aliphatic heterocycles. The number of nitrogens with zero attached hydrogens (tertiary/aromatic N) is 6. The molecule has 0 atom stereocenters. The average Bonchev–Trinajstić information content (AvgIpc) is 2.74. The molecule has 6 nitrogen and oxygen atoms in total. The maximum absolute atomic E-state index is 3.93. The van der Waals surface area contributed by atoms with Crippen LogP contribution in [0, 0.1) is 0 Å². The Bertz CT molecular complexity index is 313. The second-order valence-corrected chi connectivity index (χ2v) is 2.50. The van der Waals surface area contributed by atoms with Gasteiger partial charge >= 0.3 is 0 Å². The van der Waals surface area contributed by atoms with E-state index in [2.05, 4.69) is 24.8 Å². The summed E-state index contributed by atoms with van der Waals surface area (Å²) in [5, 5.41) is 13.3. The monoisotopic (exact) mass is 180 g/mol. The Kier molecular flexibility index (Phi) is 1.87.